The average molecular weight is 366 g/mol. The van der Waals surface area contributed by atoms with E-state index in [1.807, 2.05) is 41.4 Å². The van der Waals surface area contributed by atoms with Gasteiger partial charge in [0.05, 0.1) is 11.7 Å². The van der Waals surface area contributed by atoms with E-state index in [9.17, 15) is 4.79 Å². The number of aromatic nitrogens is 2. The predicted octanol–water partition coefficient (Wildman–Crippen LogP) is 2.60. The summed E-state index contributed by atoms with van der Waals surface area (Å²) in [7, 11) is 2.15. The number of hydrogen-bond acceptors (Lipinski definition) is 5. The molecule has 3 heterocycles. The maximum Gasteiger partial charge on any atom is 0.260 e. The molecule has 1 unspecified atom stereocenters. The molecule has 0 N–H and O–H groups in total. The van der Waals surface area contributed by atoms with Crippen LogP contribution in [0.1, 0.15) is 42.4 Å². The van der Waals surface area contributed by atoms with Crippen LogP contribution in [-0.4, -0.2) is 52.4 Å². The molecular weight excluding hydrogens is 340 g/mol. The molecule has 4 rings (SSSR count). The van der Waals surface area contributed by atoms with Gasteiger partial charge in [-0.15, -0.1) is 0 Å². The van der Waals surface area contributed by atoms with Crippen LogP contribution in [0.4, 0.5) is 0 Å². The number of likely N-dealkylation sites (tertiary alicyclic amines) is 1. The van der Waals surface area contributed by atoms with Gasteiger partial charge >= 0.3 is 0 Å². The Balaban J connectivity index is 1.39. The Morgan fingerprint density at radius 3 is 2.89 bits per heavy atom. The molecule has 0 radical (unpaired) electrons. The second-order valence-electron chi connectivity index (χ2n) is 7.36. The Labute approximate surface area is 160 Å². The smallest absolute Gasteiger partial charge is 0.260 e. The number of carbonyl (C=O) groups excluding carboxylic acids is 1. The molecule has 0 saturated carbocycles. The molecule has 6 nitrogen and oxygen atoms in total. The van der Waals surface area contributed by atoms with Crippen LogP contribution in [0.5, 0.6) is 5.75 Å². The van der Waals surface area contributed by atoms with Gasteiger partial charge in [-0.05, 0) is 38.6 Å². The lowest BCUT2D eigenvalue weighted by Gasteiger charge is -2.32. The summed E-state index contributed by atoms with van der Waals surface area (Å²) in [5, 5.41) is 0. The van der Waals surface area contributed by atoms with E-state index < -0.39 is 0 Å². The summed E-state index contributed by atoms with van der Waals surface area (Å²) in [6.45, 7) is 2.41. The first-order valence-electron chi connectivity index (χ1n) is 9.71. The lowest BCUT2D eigenvalue weighted by Crippen LogP contribution is -2.39. The molecule has 0 bridgehead atoms. The van der Waals surface area contributed by atoms with Crippen molar-refractivity contribution >= 4 is 5.91 Å². The van der Waals surface area contributed by atoms with E-state index in [0.29, 0.717) is 24.9 Å². The molecule has 27 heavy (non-hydrogen) atoms. The van der Waals surface area contributed by atoms with Gasteiger partial charge in [-0.1, -0.05) is 24.6 Å². The van der Waals surface area contributed by atoms with Crippen molar-refractivity contribution in [3.63, 3.8) is 0 Å². The molecule has 142 valence electrons. The quantitative estimate of drug-likeness (QED) is 0.832. The van der Waals surface area contributed by atoms with Crippen LogP contribution >= 0.6 is 0 Å². The largest absolute Gasteiger partial charge is 0.484 e. The molecule has 1 atom stereocenters. The highest BCUT2D eigenvalue weighted by atomic mass is 16.5. The van der Waals surface area contributed by atoms with Crippen LogP contribution < -0.4 is 4.74 Å². The van der Waals surface area contributed by atoms with Crippen LogP contribution in [-0.2, 0) is 17.8 Å². The van der Waals surface area contributed by atoms with Gasteiger partial charge in [0.1, 0.15) is 11.6 Å². The topological polar surface area (TPSA) is 58.6 Å². The maximum atomic E-state index is 12.5. The average Bonchev–Trinajstić information content (AvgIpc) is 2.72. The highest BCUT2D eigenvalue weighted by molar-refractivity contribution is 5.78. The number of benzene rings is 1. The van der Waals surface area contributed by atoms with E-state index in [1.165, 1.54) is 12.8 Å². The molecular formula is C21H26N4O2. The van der Waals surface area contributed by atoms with Gasteiger partial charge in [0.15, 0.2) is 6.61 Å². The van der Waals surface area contributed by atoms with Crippen LogP contribution in [0.25, 0.3) is 0 Å². The van der Waals surface area contributed by atoms with E-state index in [4.69, 9.17) is 9.72 Å². The molecule has 2 aliphatic heterocycles. The van der Waals surface area contributed by atoms with Gasteiger partial charge in [0, 0.05) is 31.3 Å². The molecule has 1 aromatic carbocycles. The molecule has 1 aromatic heterocycles. The summed E-state index contributed by atoms with van der Waals surface area (Å²) in [5.41, 5.74) is 2.14. The molecule has 0 spiro atoms. The normalized spacial score (nSPS) is 20.2. The fraction of sp³-hybridized carbons (Fsp3) is 0.476. The van der Waals surface area contributed by atoms with Crippen LogP contribution in [0.3, 0.4) is 0 Å². The van der Waals surface area contributed by atoms with E-state index in [2.05, 4.69) is 16.9 Å². The first-order valence-corrected chi connectivity index (χ1v) is 9.71. The minimum Gasteiger partial charge on any atom is -0.484 e. The molecule has 6 heteroatoms. The standard InChI is InChI=1S/C21H26N4O2/c1-24-11-6-5-9-19(24)21-22-13-16-14-25(12-10-18(16)23-21)20(26)15-27-17-7-3-2-4-8-17/h2-4,7-8,13,19H,5-6,9-12,14-15H2,1H3. The zero-order chi connectivity index (χ0) is 18.6. The van der Waals surface area contributed by atoms with Gasteiger partial charge in [0.25, 0.3) is 5.91 Å². The van der Waals surface area contributed by atoms with E-state index >= 15 is 0 Å². The predicted molar refractivity (Wildman–Crippen MR) is 102 cm³/mol. The van der Waals surface area contributed by atoms with Gasteiger partial charge in [-0.25, -0.2) is 9.97 Å². The fourth-order valence-electron chi connectivity index (χ4n) is 3.86. The first-order chi connectivity index (χ1) is 13.2. The molecule has 2 aromatic rings. The van der Waals surface area contributed by atoms with Gasteiger partial charge in [-0.2, -0.15) is 0 Å². The van der Waals surface area contributed by atoms with Gasteiger partial charge in [0.2, 0.25) is 0 Å². The Hall–Kier alpha value is -2.47. The maximum absolute atomic E-state index is 12.5. The SMILES string of the molecule is CN1CCCCC1c1ncc2c(n1)CCN(C(=O)COc1ccccc1)C2. The van der Waals surface area contributed by atoms with Crippen LogP contribution in [0.15, 0.2) is 36.5 Å². The zero-order valence-corrected chi connectivity index (χ0v) is 15.8. The van der Waals surface area contributed by atoms with Crippen molar-refractivity contribution in [1.82, 2.24) is 19.8 Å². The highest BCUT2D eigenvalue weighted by Gasteiger charge is 2.26. The number of hydrogen-bond donors (Lipinski definition) is 0. The molecule has 2 aliphatic rings. The van der Waals surface area contributed by atoms with Crippen molar-refractivity contribution in [2.45, 2.75) is 38.3 Å². The minimum absolute atomic E-state index is 0.000549. The Morgan fingerprint density at radius 1 is 1.22 bits per heavy atom. The van der Waals surface area contributed by atoms with E-state index in [-0.39, 0.29) is 12.5 Å². The van der Waals surface area contributed by atoms with Crippen molar-refractivity contribution in [3.05, 3.63) is 53.6 Å². The van der Waals surface area contributed by atoms with Crippen LogP contribution in [0.2, 0.25) is 0 Å². The molecule has 0 aliphatic carbocycles. The second kappa shape index (κ2) is 8.05. The molecule has 1 fully saturated rings. The monoisotopic (exact) mass is 366 g/mol. The molecule has 1 amide bonds. The first kappa shape index (κ1) is 17.9. The third kappa shape index (κ3) is 4.11. The Kier molecular flexibility index (Phi) is 5.34. The molecule has 1 saturated heterocycles. The number of amides is 1. The van der Waals surface area contributed by atoms with Crippen LogP contribution in [0, 0.1) is 0 Å². The number of para-hydroxylation sites is 1. The van der Waals surface area contributed by atoms with Crippen molar-refractivity contribution in [3.8, 4) is 5.75 Å². The number of fused-ring (bicyclic) bond motifs is 1. The number of ether oxygens (including phenoxy) is 1. The Morgan fingerprint density at radius 2 is 2.07 bits per heavy atom. The zero-order valence-electron chi connectivity index (χ0n) is 15.8. The third-order valence-corrected chi connectivity index (χ3v) is 5.48. The van der Waals surface area contributed by atoms with Crippen molar-refractivity contribution in [1.29, 1.82) is 0 Å². The second-order valence-corrected chi connectivity index (χ2v) is 7.36. The fourth-order valence-corrected chi connectivity index (χ4v) is 3.86. The Bertz CT molecular complexity index is 796. The summed E-state index contributed by atoms with van der Waals surface area (Å²) in [4.78, 5) is 26.2. The van der Waals surface area contributed by atoms with Gasteiger partial charge in [-0.3, -0.25) is 9.69 Å². The number of nitrogens with zero attached hydrogens (tertiary/aromatic N) is 4. The summed E-state index contributed by atoms with van der Waals surface area (Å²) < 4.78 is 5.59. The third-order valence-electron chi connectivity index (χ3n) is 5.48. The minimum atomic E-state index is 0.000549. The number of rotatable bonds is 4. The van der Waals surface area contributed by atoms with Crippen molar-refractivity contribution in [2.24, 2.45) is 0 Å². The van der Waals surface area contributed by atoms with E-state index in [1.54, 1.807) is 0 Å². The lowest BCUT2D eigenvalue weighted by atomic mass is 10.0. The summed E-state index contributed by atoms with van der Waals surface area (Å²) in [6.07, 6.45) is 6.30. The number of carbonyl (C=O) groups is 1. The summed E-state index contributed by atoms with van der Waals surface area (Å²) in [6, 6.07) is 9.76. The van der Waals surface area contributed by atoms with E-state index in [0.717, 1.165) is 36.5 Å². The van der Waals surface area contributed by atoms with Crippen molar-refractivity contribution in [2.75, 3.05) is 26.7 Å². The van der Waals surface area contributed by atoms with Crippen molar-refractivity contribution < 1.29 is 9.53 Å². The summed E-state index contributed by atoms with van der Waals surface area (Å²) in [5.74, 6) is 1.65. The number of piperidine rings is 1. The highest BCUT2D eigenvalue weighted by Crippen LogP contribution is 2.28. The lowest BCUT2D eigenvalue weighted by molar-refractivity contribution is -0.134. The van der Waals surface area contributed by atoms with Gasteiger partial charge < -0.3 is 9.64 Å². The summed E-state index contributed by atoms with van der Waals surface area (Å²) >= 11 is 0.